The lowest BCUT2D eigenvalue weighted by Gasteiger charge is -2.07. The van der Waals surface area contributed by atoms with Crippen molar-refractivity contribution in [3.8, 4) is 0 Å². The zero-order valence-corrected chi connectivity index (χ0v) is 13.2. The number of aryl methyl sites for hydroxylation is 3. The largest absolute Gasteiger partial charge is 0.327 e. The number of hydrogen-bond donors (Lipinski definition) is 1. The van der Waals surface area contributed by atoms with Gasteiger partial charge in [0, 0.05) is 19.4 Å². The van der Waals surface area contributed by atoms with E-state index in [2.05, 4.69) is 32.6 Å². The number of anilines is 2. The monoisotopic (exact) mass is 303 g/mol. The van der Waals surface area contributed by atoms with Crippen molar-refractivity contribution in [3.63, 3.8) is 0 Å². The second kappa shape index (κ2) is 5.28. The molecule has 3 aromatic heterocycles. The molecule has 7 nitrogen and oxygen atoms in total. The van der Waals surface area contributed by atoms with Gasteiger partial charge < -0.3 is 5.32 Å². The van der Waals surface area contributed by atoms with Crippen LogP contribution in [0.25, 0.3) is 0 Å². The van der Waals surface area contributed by atoms with Gasteiger partial charge in [-0.25, -0.2) is 0 Å². The van der Waals surface area contributed by atoms with Crippen LogP contribution in [0, 0.1) is 13.8 Å². The number of hydrogen-bond acceptors (Lipinski definition) is 6. The molecular formula is C13H17N7S. The molecule has 8 heteroatoms. The maximum Gasteiger partial charge on any atom is 0.210 e. The number of rotatable bonds is 4. The molecule has 0 amide bonds. The molecule has 0 aliphatic rings. The molecule has 0 radical (unpaired) electrons. The van der Waals surface area contributed by atoms with Crippen molar-refractivity contribution in [3.05, 3.63) is 34.9 Å². The summed E-state index contributed by atoms with van der Waals surface area (Å²) < 4.78 is 3.67. The minimum Gasteiger partial charge on any atom is -0.327 e. The van der Waals surface area contributed by atoms with Crippen LogP contribution in [0.15, 0.2) is 18.6 Å². The number of aromatic nitrogens is 6. The molecule has 3 aromatic rings. The van der Waals surface area contributed by atoms with Crippen LogP contribution in [0.5, 0.6) is 0 Å². The second-order valence-corrected chi connectivity index (χ2v) is 6.06. The Morgan fingerprint density at radius 1 is 1.24 bits per heavy atom. The van der Waals surface area contributed by atoms with Gasteiger partial charge in [0.1, 0.15) is 11.0 Å². The lowest BCUT2D eigenvalue weighted by atomic mass is 10.3. The molecule has 0 aliphatic carbocycles. The van der Waals surface area contributed by atoms with Gasteiger partial charge in [0.15, 0.2) is 0 Å². The normalized spacial score (nSPS) is 12.6. The fraction of sp³-hybridized carbons (Fsp3) is 0.385. The average Bonchev–Trinajstić information content (AvgIpc) is 3.12. The van der Waals surface area contributed by atoms with Crippen LogP contribution >= 0.6 is 11.3 Å². The minimum atomic E-state index is 0.0711. The van der Waals surface area contributed by atoms with Crippen molar-refractivity contribution >= 4 is 22.2 Å². The van der Waals surface area contributed by atoms with E-state index in [9.17, 15) is 0 Å². The summed E-state index contributed by atoms with van der Waals surface area (Å²) in [5, 5.41) is 22.0. The molecule has 0 spiro atoms. The zero-order chi connectivity index (χ0) is 15.0. The van der Waals surface area contributed by atoms with Crippen molar-refractivity contribution in [1.29, 1.82) is 0 Å². The minimum absolute atomic E-state index is 0.0711. The summed E-state index contributed by atoms with van der Waals surface area (Å²) in [4.78, 5) is 0. The lowest BCUT2D eigenvalue weighted by Crippen LogP contribution is -2.06. The van der Waals surface area contributed by atoms with Crippen LogP contribution in [0.4, 0.5) is 10.8 Å². The Kier molecular flexibility index (Phi) is 3.46. The highest BCUT2D eigenvalue weighted by atomic mass is 32.1. The van der Waals surface area contributed by atoms with E-state index in [4.69, 9.17) is 0 Å². The predicted molar refractivity (Wildman–Crippen MR) is 81.9 cm³/mol. The van der Waals surface area contributed by atoms with E-state index in [0.717, 1.165) is 27.1 Å². The number of nitrogens with zero attached hydrogens (tertiary/aromatic N) is 6. The Hall–Kier alpha value is -2.22. The lowest BCUT2D eigenvalue weighted by molar-refractivity contribution is 0.557. The molecule has 1 N–H and O–H groups in total. The van der Waals surface area contributed by atoms with Gasteiger partial charge in [-0.1, -0.05) is 11.3 Å². The average molecular weight is 303 g/mol. The molecule has 0 aromatic carbocycles. The Bertz CT molecular complexity index is 754. The highest BCUT2D eigenvalue weighted by Crippen LogP contribution is 2.27. The fourth-order valence-electron chi connectivity index (χ4n) is 2.05. The summed E-state index contributed by atoms with van der Waals surface area (Å²) in [7, 11) is 1.89. The summed E-state index contributed by atoms with van der Waals surface area (Å²) in [6.45, 7) is 6.04. The van der Waals surface area contributed by atoms with E-state index in [1.807, 2.05) is 44.2 Å². The van der Waals surface area contributed by atoms with Crippen LogP contribution in [-0.4, -0.2) is 29.8 Å². The molecule has 1 atom stereocenters. The first-order valence-corrected chi connectivity index (χ1v) is 7.46. The van der Waals surface area contributed by atoms with E-state index in [1.54, 1.807) is 4.68 Å². The molecule has 0 fully saturated rings. The molecule has 0 unspecified atom stereocenters. The van der Waals surface area contributed by atoms with Gasteiger partial charge in [0.05, 0.1) is 17.6 Å². The molecule has 0 saturated heterocycles. The summed E-state index contributed by atoms with van der Waals surface area (Å²) in [6.07, 6.45) is 5.77. The van der Waals surface area contributed by atoms with E-state index >= 15 is 0 Å². The van der Waals surface area contributed by atoms with Crippen LogP contribution in [0.2, 0.25) is 0 Å². The Morgan fingerprint density at radius 3 is 2.67 bits per heavy atom. The maximum absolute atomic E-state index is 4.32. The van der Waals surface area contributed by atoms with Gasteiger partial charge in [-0.2, -0.15) is 10.2 Å². The Balaban J connectivity index is 1.78. The molecule has 0 aliphatic heterocycles. The van der Waals surface area contributed by atoms with Gasteiger partial charge >= 0.3 is 0 Å². The van der Waals surface area contributed by atoms with E-state index in [-0.39, 0.29) is 6.04 Å². The molecule has 3 heterocycles. The zero-order valence-electron chi connectivity index (χ0n) is 12.4. The van der Waals surface area contributed by atoms with Crippen molar-refractivity contribution in [2.75, 3.05) is 5.32 Å². The maximum atomic E-state index is 4.32. The molecule has 3 rings (SSSR count). The van der Waals surface area contributed by atoms with E-state index in [1.165, 1.54) is 11.3 Å². The summed E-state index contributed by atoms with van der Waals surface area (Å²) in [5.41, 5.74) is 3.02. The summed E-state index contributed by atoms with van der Waals surface area (Å²) in [6, 6.07) is 0.0711. The third-order valence-electron chi connectivity index (χ3n) is 3.18. The first kappa shape index (κ1) is 13.7. The van der Waals surface area contributed by atoms with Gasteiger partial charge in [0.25, 0.3) is 0 Å². The standard InChI is InChI=1S/C13H17N7S/c1-8-5-14-20(6-8)10(3)12-16-17-13(21-12)15-11-7-19(4)18-9(11)2/h5-7,10H,1-4H3,(H,15,17)/t10-/m0/s1. The van der Waals surface area contributed by atoms with Crippen molar-refractivity contribution < 1.29 is 0 Å². The third kappa shape index (κ3) is 2.80. The smallest absolute Gasteiger partial charge is 0.210 e. The number of nitrogens with one attached hydrogen (secondary N) is 1. The first-order valence-electron chi connectivity index (χ1n) is 6.64. The van der Waals surface area contributed by atoms with Gasteiger partial charge in [-0.05, 0) is 26.3 Å². The van der Waals surface area contributed by atoms with E-state index < -0.39 is 0 Å². The van der Waals surface area contributed by atoms with Crippen LogP contribution in [0.3, 0.4) is 0 Å². The van der Waals surface area contributed by atoms with Crippen molar-refractivity contribution in [1.82, 2.24) is 29.8 Å². The van der Waals surface area contributed by atoms with Gasteiger partial charge in [0.2, 0.25) is 5.13 Å². The van der Waals surface area contributed by atoms with Crippen molar-refractivity contribution in [2.45, 2.75) is 26.8 Å². The Morgan fingerprint density at radius 2 is 2.05 bits per heavy atom. The molecule has 0 bridgehead atoms. The SMILES string of the molecule is Cc1cnn([C@@H](C)c2nnc(Nc3cn(C)nc3C)s2)c1. The molecule has 0 saturated carbocycles. The highest BCUT2D eigenvalue weighted by Gasteiger charge is 2.15. The van der Waals surface area contributed by atoms with Crippen LogP contribution in [-0.2, 0) is 7.05 Å². The summed E-state index contributed by atoms with van der Waals surface area (Å²) >= 11 is 1.53. The Labute approximate surface area is 126 Å². The van der Waals surface area contributed by atoms with E-state index in [0.29, 0.717) is 0 Å². The predicted octanol–water partition coefficient (Wildman–Crippen LogP) is 2.44. The van der Waals surface area contributed by atoms with Gasteiger partial charge in [-0.3, -0.25) is 9.36 Å². The van der Waals surface area contributed by atoms with Crippen molar-refractivity contribution in [2.24, 2.45) is 7.05 Å². The third-order valence-corrected chi connectivity index (χ3v) is 4.19. The molecular weight excluding hydrogens is 286 g/mol. The van der Waals surface area contributed by atoms with Crippen LogP contribution in [0.1, 0.15) is 29.2 Å². The first-order chi connectivity index (χ1) is 10.0. The summed E-state index contributed by atoms with van der Waals surface area (Å²) in [5.74, 6) is 0. The molecule has 21 heavy (non-hydrogen) atoms. The fourth-order valence-corrected chi connectivity index (χ4v) is 2.85. The van der Waals surface area contributed by atoms with Gasteiger partial charge in [-0.15, -0.1) is 10.2 Å². The topological polar surface area (TPSA) is 73.5 Å². The quantitative estimate of drug-likeness (QED) is 0.801. The highest BCUT2D eigenvalue weighted by molar-refractivity contribution is 7.15. The van der Waals surface area contributed by atoms with Crippen LogP contribution < -0.4 is 5.32 Å². The second-order valence-electron chi connectivity index (χ2n) is 5.05. The molecule has 110 valence electrons.